The van der Waals surface area contributed by atoms with Gasteiger partial charge in [-0.25, -0.2) is 4.99 Å². The van der Waals surface area contributed by atoms with Crippen molar-refractivity contribution < 1.29 is 14.3 Å². The first-order valence-corrected chi connectivity index (χ1v) is 10.9. The maximum atomic E-state index is 11.0. The maximum absolute atomic E-state index is 11.0. The van der Waals surface area contributed by atoms with E-state index in [1.165, 1.54) is 6.92 Å². The lowest BCUT2D eigenvalue weighted by Crippen LogP contribution is -2.45. The second-order valence-electron chi connectivity index (χ2n) is 7.77. The molecule has 0 aromatic heterocycles. The number of nitrogens with one attached hydrogen (secondary N) is 2. The number of hydrogen-bond acceptors (Lipinski definition) is 5. The first-order chi connectivity index (χ1) is 14.4. The van der Waals surface area contributed by atoms with Crippen LogP contribution in [-0.4, -0.2) is 55.0 Å². The Balaban J connectivity index is 1.37. The molecule has 2 aliphatic rings. The minimum atomic E-state index is -0.465. The van der Waals surface area contributed by atoms with Gasteiger partial charge in [-0.05, 0) is 43.4 Å². The van der Waals surface area contributed by atoms with Gasteiger partial charge in [-0.1, -0.05) is 23.7 Å². The summed E-state index contributed by atoms with van der Waals surface area (Å²) in [6.45, 7) is 5.04. The van der Waals surface area contributed by atoms with Crippen LogP contribution in [0.4, 0.5) is 0 Å². The van der Waals surface area contributed by atoms with Crippen LogP contribution in [0.5, 0.6) is 0 Å². The zero-order valence-corrected chi connectivity index (χ0v) is 18.7. The number of rotatable bonds is 9. The number of alkyl halides is 1. The molecule has 0 radical (unpaired) electrons. The van der Waals surface area contributed by atoms with Gasteiger partial charge in [0.15, 0.2) is 6.23 Å². The summed E-state index contributed by atoms with van der Waals surface area (Å²) in [4.78, 5) is 19.9. The van der Waals surface area contributed by atoms with Gasteiger partial charge in [0.05, 0.1) is 32.2 Å². The predicted octanol–water partition coefficient (Wildman–Crippen LogP) is 3.14. The van der Waals surface area contributed by atoms with Crippen LogP contribution in [0.25, 0.3) is 0 Å². The molecule has 30 heavy (non-hydrogen) atoms. The Bertz CT molecular complexity index is 766. The van der Waals surface area contributed by atoms with Crippen molar-refractivity contribution in [2.24, 2.45) is 15.9 Å². The van der Waals surface area contributed by atoms with Gasteiger partial charge in [0, 0.05) is 18.0 Å². The summed E-state index contributed by atoms with van der Waals surface area (Å²) < 4.78 is 11.8. The zero-order valence-electron chi connectivity index (χ0n) is 17.2. The van der Waals surface area contributed by atoms with Gasteiger partial charge in [0.25, 0.3) is 0 Å². The Hall–Kier alpha value is -1.67. The smallest absolute Gasteiger partial charge is 0.217 e. The number of carbonyl (C=O) groups excluding carboxylic acids is 1. The molecule has 3 atom stereocenters. The lowest BCUT2D eigenvalue weighted by molar-refractivity contribution is -0.120. The number of aliphatic imine (C=N–C) groups is 2. The van der Waals surface area contributed by atoms with Crippen LogP contribution in [0, 0.1) is 5.92 Å². The Kier molecular flexibility index (Phi) is 8.50. The van der Waals surface area contributed by atoms with Gasteiger partial charge >= 0.3 is 0 Å². The van der Waals surface area contributed by atoms with Crippen LogP contribution in [0.15, 0.2) is 34.3 Å². The summed E-state index contributed by atoms with van der Waals surface area (Å²) >= 11 is 12.4. The number of amides is 1. The van der Waals surface area contributed by atoms with E-state index in [0.717, 1.165) is 18.4 Å². The topological polar surface area (TPSA) is 84.3 Å². The average molecular weight is 455 g/mol. The molecule has 7 nitrogen and oxygen atoms in total. The van der Waals surface area contributed by atoms with E-state index in [9.17, 15) is 4.79 Å². The number of nitrogens with zero attached hydrogens (tertiary/aromatic N) is 2. The molecule has 2 unspecified atom stereocenters. The fourth-order valence-corrected chi connectivity index (χ4v) is 3.74. The molecule has 164 valence electrons. The SMILES string of the molecule is CC(=O)N[C@@H](C)COC1CC(COC2N=CNC(=NCc3ccc(Cl)cc3)C2Cl)C1. The van der Waals surface area contributed by atoms with Gasteiger partial charge in [-0.15, -0.1) is 11.6 Å². The van der Waals surface area contributed by atoms with Crippen molar-refractivity contribution in [1.29, 1.82) is 0 Å². The van der Waals surface area contributed by atoms with Crippen LogP contribution >= 0.6 is 23.2 Å². The van der Waals surface area contributed by atoms with E-state index in [1.54, 1.807) is 6.34 Å². The van der Waals surface area contributed by atoms with E-state index in [0.29, 0.717) is 36.5 Å². The predicted molar refractivity (Wildman–Crippen MR) is 119 cm³/mol. The molecule has 1 aromatic carbocycles. The van der Waals surface area contributed by atoms with Crippen LogP contribution in [0.1, 0.15) is 32.3 Å². The summed E-state index contributed by atoms with van der Waals surface area (Å²) in [5.41, 5.74) is 1.05. The molecule has 2 N–H and O–H groups in total. The highest BCUT2D eigenvalue weighted by atomic mass is 35.5. The summed E-state index contributed by atoms with van der Waals surface area (Å²) in [5, 5.41) is 6.06. The Morgan fingerprint density at radius 2 is 2.07 bits per heavy atom. The van der Waals surface area contributed by atoms with E-state index in [-0.39, 0.29) is 18.1 Å². The second-order valence-corrected chi connectivity index (χ2v) is 8.68. The quantitative estimate of drug-likeness (QED) is 0.561. The van der Waals surface area contributed by atoms with E-state index in [2.05, 4.69) is 20.6 Å². The van der Waals surface area contributed by atoms with Crippen molar-refractivity contribution in [3.63, 3.8) is 0 Å². The highest BCUT2D eigenvalue weighted by Gasteiger charge is 2.33. The average Bonchev–Trinajstić information content (AvgIpc) is 2.67. The number of amidine groups is 1. The molecule has 3 rings (SSSR count). The largest absolute Gasteiger partial charge is 0.376 e. The number of hydrogen-bond donors (Lipinski definition) is 2. The molecule has 1 amide bonds. The Morgan fingerprint density at radius 1 is 1.33 bits per heavy atom. The minimum absolute atomic E-state index is 0.0180. The van der Waals surface area contributed by atoms with Gasteiger partial charge < -0.3 is 20.1 Å². The van der Waals surface area contributed by atoms with Crippen LogP contribution < -0.4 is 10.6 Å². The third-order valence-corrected chi connectivity index (χ3v) is 5.69. The molecular weight excluding hydrogens is 427 g/mol. The van der Waals surface area contributed by atoms with Crippen LogP contribution in [-0.2, 0) is 20.8 Å². The first kappa shape index (κ1) is 23.0. The first-order valence-electron chi connectivity index (χ1n) is 10.1. The van der Waals surface area contributed by atoms with Crippen LogP contribution in [0.2, 0.25) is 5.02 Å². The summed E-state index contributed by atoms with van der Waals surface area (Å²) in [6.07, 6.45) is 3.21. The monoisotopic (exact) mass is 454 g/mol. The van der Waals surface area contributed by atoms with E-state index in [4.69, 9.17) is 32.7 Å². The van der Waals surface area contributed by atoms with Crippen molar-refractivity contribution in [3.05, 3.63) is 34.9 Å². The molecule has 9 heteroatoms. The summed E-state index contributed by atoms with van der Waals surface area (Å²) in [6, 6.07) is 7.57. The van der Waals surface area contributed by atoms with Gasteiger partial charge in [-0.2, -0.15) is 0 Å². The van der Waals surface area contributed by atoms with Gasteiger partial charge in [0.1, 0.15) is 11.2 Å². The fraction of sp³-hybridized carbons (Fsp3) is 0.571. The minimum Gasteiger partial charge on any atom is -0.376 e. The molecular formula is C21H28Cl2N4O3. The highest BCUT2D eigenvalue weighted by molar-refractivity contribution is 6.33. The molecule has 0 saturated heterocycles. The third kappa shape index (κ3) is 6.94. The van der Waals surface area contributed by atoms with Crippen molar-refractivity contribution in [2.45, 2.75) is 57.0 Å². The highest BCUT2D eigenvalue weighted by Crippen LogP contribution is 2.31. The molecule has 1 heterocycles. The number of benzene rings is 1. The lowest BCUT2D eigenvalue weighted by atomic mass is 9.83. The standard InChI is InChI=1S/C21H28Cl2N4O3/c1-13(27-14(2)28)10-29-18-7-16(8-18)11-30-21-19(23)20(25-12-26-21)24-9-15-3-5-17(22)6-4-15/h3-6,12-13,16,18-19,21H,7-11H2,1-2H3,(H,27,28)(H,24,25,26)/t13-,16?,18?,19?,21?/m0/s1. The summed E-state index contributed by atoms with van der Waals surface area (Å²) in [7, 11) is 0. The number of halogens is 2. The van der Waals surface area contributed by atoms with E-state index >= 15 is 0 Å². The Morgan fingerprint density at radius 3 is 2.77 bits per heavy atom. The van der Waals surface area contributed by atoms with Crippen molar-refractivity contribution in [2.75, 3.05) is 13.2 Å². The van der Waals surface area contributed by atoms with Crippen LogP contribution in [0.3, 0.4) is 0 Å². The van der Waals surface area contributed by atoms with E-state index in [1.807, 2.05) is 31.2 Å². The number of carbonyl (C=O) groups is 1. The maximum Gasteiger partial charge on any atom is 0.217 e. The molecule has 0 bridgehead atoms. The van der Waals surface area contributed by atoms with Gasteiger partial charge in [-0.3, -0.25) is 9.79 Å². The molecule has 1 aliphatic carbocycles. The molecule has 1 aliphatic heterocycles. The zero-order chi connectivity index (χ0) is 21.5. The van der Waals surface area contributed by atoms with Gasteiger partial charge in [0.2, 0.25) is 5.91 Å². The molecule has 0 spiro atoms. The van der Waals surface area contributed by atoms with E-state index < -0.39 is 11.6 Å². The summed E-state index contributed by atoms with van der Waals surface area (Å²) in [5.74, 6) is 1.03. The van der Waals surface area contributed by atoms with Crippen molar-refractivity contribution >= 4 is 41.3 Å². The molecule has 1 fully saturated rings. The normalized spacial score (nSPS) is 27.9. The molecule has 1 aromatic rings. The fourth-order valence-electron chi connectivity index (χ4n) is 3.34. The Labute approximate surface area is 187 Å². The van der Waals surface area contributed by atoms with Crippen molar-refractivity contribution in [3.8, 4) is 0 Å². The number of ether oxygens (including phenoxy) is 2. The molecule has 1 saturated carbocycles. The van der Waals surface area contributed by atoms with Crippen molar-refractivity contribution in [1.82, 2.24) is 10.6 Å². The second kappa shape index (κ2) is 11.1. The third-order valence-electron chi connectivity index (χ3n) is 5.02. The lowest BCUT2D eigenvalue weighted by Gasteiger charge is -2.36.